The quantitative estimate of drug-likeness (QED) is 0.569. The third-order valence-corrected chi connectivity index (χ3v) is 5.27. The van der Waals surface area contributed by atoms with Crippen LogP contribution in [0.5, 0.6) is 0 Å². The molecule has 0 saturated heterocycles. The van der Waals surface area contributed by atoms with Crippen molar-refractivity contribution in [3.8, 4) is 16.6 Å². The van der Waals surface area contributed by atoms with Gasteiger partial charge >= 0.3 is 0 Å². The summed E-state index contributed by atoms with van der Waals surface area (Å²) in [6.45, 7) is 7.77. The van der Waals surface area contributed by atoms with Gasteiger partial charge in [0.15, 0.2) is 0 Å². The molecule has 1 heterocycles. The van der Waals surface area contributed by atoms with Gasteiger partial charge in [-0.25, -0.2) is 4.98 Å². The summed E-state index contributed by atoms with van der Waals surface area (Å²) in [6.07, 6.45) is 2.38. The molecule has 0 amide bonds. The Morgan fingerprint density at radius 1 is 1.04 bits per heavy atom. The summed E-state index contributed by atoms with van der Waals surface area (Å²) < 4.78 is 1.06. The van der Waals surface area contributed by atoms with Crippen molar-refractivity contribution >= 4 is 21.6 Å². The minimum atomic E-state index is 0.685. The van der Waals surface area contributed by atoms with Crippen molar-refractivity contribution in [2.75, 3.05) is 13.1 Å². The Bertz CT molecular complexity index is 868. The molecule has 0 aliphatic heterocycles. The second-order valence-corrected chi connectivity index (χ2v) is 7.32. The van der Waals surface area contributed by atoms with E-state index in [0.29, 0.717) is 5.56 Å². The van der Waals surface area contributed by atoms with Crippen molar-refractivity contribution in [1.82, 2.24) is 9.88 Å². The number of benzene rings is 2. The summed E-state index contributed by atoms with van der Waals surface area (Å²) in [6, 6.07) is 16.6. The van der Waals surface area contributed by atoms with Crippen molar-refractivity contribution in [2.24, 2.45) is 0 Å². The van der Waals surface area contributed by atoms with E-state index in [2.05, 4.69) is 49.1 Å². The average Bonchev–Trinajstić information content (AvgIpc) is 3.06. The zero-order chi connectivity index (χ0) is 17.6. The molecule has 0 aliphatic carbocycles. The highest BCUT2D eigenvalue weighted by Gasteiger charge is 2.08. The van der Waals surface area contributed by atoms with Gasteiger partial charge in [0.2, 0.25) is 0 Å². The van der Waals surface area contributed by atoms with Gasteiger partial charge in [0.05, 0.1) is 21.8 Å². The van der Waals surface area contributed by atoms with E-state index < -0.39 is 0 Å². The van der Waals surface area contributed by atoms with Crippen LogP contribution in [0.15, 0.2) is 42.5 Å². The summed E-state index contributed by atoms with van der Waals surface area (Å²) in [5.74, 6) is 0. The standard InChI is InChI=1S/C21H23N3S/c1-3-11-24(12-4-2)15-16-5-8-18(9-6-16)21-23-19-10-7-17(14-22)13-20(19)25-21/h5-10,13H,3-4,11-12,15H2,1-2H3. The second-order valence-electron chi connectivity index (χ2n) is 6.29. The van der Waals surface area contributed by atoms with Crippen LogP contribution in [0.2, 0.25) is 0 Å². The molecule has 0 atom stereocenters. The molecule has 25 heavy (non-hydrogen) atoms. The van der Waals surface area contributed by atoms with Crippen LogP contribution in [0.25, 0.3) is 20.8 Å². The van der Waals surface area contributed by atoms with Gasteiger partial charge in [-0.15, -0.1) is 11.3 Å². The highest BCUT2D eigenvalue weighted by molar-refractivity contribution is 7.21. The first-order chi connectivity index (χ1) is 12.2. The maximum absolute atomic E-state index is 9.03. The Hall–Kier alpha value is -2.22. The average molecular weight is 350 g/mol. The number of nitriles is 1. The second kappa shape index (κ2) is 8.24. The first-order valence-electron chi connectivity index (χ1n) is 8.85. The first-order valence-corrected chi connectivity index (χ1v) is 9.67. The molecule has 4 heteroatoms. The van der Waals surface area contributed by atoms with E-state index in [1.165, 1.54) is 18.4 Å². The van der Waals surface area contributed by atoms with Crippen LogP contribution in [0, 0.1) is 11.3 Å². The number of nitrogens with zero attached hydrogens (tertiary/aromatic N) is 3. The third kappa shape index (κ3) is 4.25. The maximum Gasteiger partial charge on any atom is 0.124 e. The van der Waals surface area contributed by atoms with Gasteiger partial charge < -0.3 is 0 Å². The Kier molecular flexibility index (Phi) is 5.80. The Labute approximate surface area is 153 Å². The lowest BCUT2D eigenvalue weighted by molar-refractivity contribution is 0.266. The molecule has 0 N–H and O–H groups in total. The molecular weight excluding hydrogens is 326 g/mol. The number of hydrogen-bond acceptors (Lipinski definition) is 4. The van der Waals surface area contributed by atoms with Crippen molar-refractivity contribution in [1.29, 1.82) is 5.26 Å². The van der Waals surface area contributed by atoms with E-state index in [9.17, 15) is 0 Å². The lowest BCUT2D eigenvalue weighted by atomic mass is 10.1. The van der Waals surface area contributed by atoms with Gasteiger partial charge in [0.1, 0.15) is 5.01 Å². The van der Waals surface area contributed by atoms with E-state index in [4.69, 9.17) is 10.2 Å². The Morgan fingerprint density at radius 2 is 1.76 bits per heavy atom. The SMILES string of the molecule is CCCN(CCC)Cc1ccc(-c2nc3ccc(C#N)cc3s2)cc1. The molecule has 0 radical (unpaired) electrons. The zero-order valence-corrected chi connectivity index (χ0v) is 15.6. The molecule has 0 fully saturated rings. The molecule has 0 saturated carbocycles. The van der Waals surface area contributed by atoms with Crippen LogP contribution in [-0.4, -0.2) is 23.0 Å². The molecule has 0 unspecified atom stereocenters. The van der Waals surface area contributed by atoms with Gasteiger partial charge in [-0.3, -0.25) is 4.90 Å². The monoisotopic (exact) mass is 349 g/mol. The summed E-state index contributed by atoms with van der Waals surface area (Å²) >= 11 is 1.64. The number of hydrogen-bond donors (Lipinski definition) is 0. The van der Waals surface area contributed by atoms with Crippen molar-refractivity contribution in [3.05, 3.63) is 53.6 Å². The molecule has 1 aromatic heterocycles. The van der Waals surface area contributed by atoms with Gasteiger partial charge in [0.25, 0.3) is 0 Å². The topological polar surface area (TPSA) is 39.9 Å². The summed E-state index contributed by atoms with van der Waals surface area (Å²) in [4.78, 5) is 7.22. The minimum Gasteiger partial charge on any atom is -0.299 e. The lowest BCUT2D eigenvalue weighted by Crippen LogP contribution is -2.24. The fraction of sp³-hybridized carbons (Fsp3) is 0.333. The zero-order valence-electron chi connectivity index (χ0n) is 14.8. The van der Waals surface area contributed by atoms with E-state index in [-0.39, 0.29) is 0 Å². The van der Waals surface area contributed by atoms with Crippen LogP contribution < -0.4 is 0 Å². The van der Waals surface area contributed by atoms with Crippen molar-refractivity contribution in [3.63, 3.8) is 0 Å². The molecule has 0 spiro atoms. The summed E-state index contributed by atoms with van der Waals surface area (Å²) in [7, 11) is 0. The smallest absolute Gasteiger partial charge is 0.124 e. The highest BCUT2D eigenvalue weighted by Crippen LogP contribution is 2.30. The molecule has 3 aromatic rings. The molecule has 3 rings (SSSR count). The lowest BCUT2D eigenvalue weighted by Gasteiger charge is -2.21. The Balaban J connectivity index is 1.79. The predicted molar refractivity (Wildman–Crippen MR) is 106 cm³/mol. The molecule has 2 aromatic carbocycles. The molecule has 128 valence electrons. The van der Waals surface area contributed by atoms with Gasteiger partial charge in [-0.1, -0.05) is 38.1 Å². The van der Waals surface area contributed by atoms with E-state index in [1.54, 1.807) is 11.3 Å². The number of thiazole rings is 1. The van der Waals surface area contributed by atoms with Crippen molar-refractivity contribution in [2.45, 2.75) is 33.2 Å². The van der Waals surface area contributed by atoms with Gasteiger partial charge in [-0.2, -0.15) is 5.26 Å². The number of fused-ring (bicyclic) bond motifs is 1. The van der Waals surface area contributed by atoms with Crippen LogP contribution >= 0.6 is 11.3 Å². The summed E-state index contributed by atoms with van der Waals surface area (Å²) in [5.41, 5.74) is 4.13. The first kappa shape index (κ1) is 17.6. The number of aromatic nitrogens is 1. The Morgan fingerprint density at radius 3 is 2.40 bits per heavy atom. The highest BCUT2D eigenvalue weighted by atomic mass is 32.1. The molecular formula is C21H23N3S. The third-order valence-electron chi connectivity index (χ3n) is 4.20. The van der Waals surface area contributed by atoms with Crippen LogP contribution in [0.3, 0.4) is 0 Å². The van der Waals surface area contributed by atoms with Gasteiger partial charge in [0, 0.05) is 12.1 Å². The normalized spacial score (nSPS) is 11.1. The van der Waals surface area contributed by atoms with E-state index in [1.807, 2.05) is 18.2 Å². The number of rotatable bonds is 7. The summed E-state index contributed by atoms with van der Waals surface area (Å²) in [5, 5.41) is 10.0. The maximum atomic E-state index is 9.03. The van der Waals surface area contributed by atoms with E-state index >= 15 is 0 Å². The molecule has 3 nitrogen and oxygen atoms in total. The van der Waals surface area contributed by atoms with Crippen LogP contribution in [-0.2, 0) is 6.54 Å². The largest absolute Gasteiger partial charge is 0.299 e. The van der Waals surface area contributed by atoms with Crippen LogP contribution in [0.4, 0.5) is 0 Å². The predicted octanol–water partition coefficient (Wildman–Crippen LogP) is 5.46. The molecule has 0 bridgehead atoms. The van der Waals surface area contributed by atoms with E-state index in [0.717, 1.165) is 40.4 Å². The minimum absolute atomic E-state index is 0.685. The molecule has 0 aliphatic rings. The van der Waals surface area contributed by atoms with Gasteiger partial charge in [-0.05, 0) is 49.7 Å². The van der Waals surface area contributed by atoms with Crippen molar-refractivity contribution < 1.29 is 0 Å². The fourth-order valence-electron chi connectivity index (χ4n) is 3.03. The van der Waals surface area contributed by atoms with Crippen LogP contribution in [0.1, 0.15) is 37.8 Å². The fourth-order valence-corrected chi connectivity index (χ4v) is 4.04.